The van der Waals surface area contributed by atoms with E-state index < -0.39 is 0 Å². The van der Waals surface area contributed by atoms with E-state index in [2.05, 4.69) is 61.5 Å². The summed E-state index contributed by atoms with van der Waals surface area (Å²) in [5, 5.41) is 2.35. The summed E-state index contributed by atoms with van der Waals surface area (Å²) in [5.74, 6) is 2.56. The summed E-state index contributed by atoms with van der Waals surface area (Å²) >= 11 is 0. The van der Waals surface area contributed by atoms with Crippen LogP contribution in [0.15, 0.2) is 78.9 Å². The first-order valence-corrected chi connectivity index (χ1v) is 9.96. The van der Waals surface area contributed by atoms with Gasteiger partial charge >= 0.3 is 0 Å². The molecule has 0 saturated carbocycles. The second-order valence-electron chi connectivity index (χ2n) is 7.12. The van der Waals surface area contributed by atoms with Crippen molar-refractivity contribution in [3.63, 3.8) is 0 Å². The molecule has 0 fully saturated rings. The van der Waals surface area contributed by atoms with Gasteiger partial charge in [0.1, 0.15) is 17.2 Å². The molecule has 0 aliphatic heterocycles. The maximum atomic E-state index is 5.49. The average molecular weight is 397 g/mol. The van der Waals surface area contributed by atoms with E-state index in [9.17, 15) is 0 Å². The Morgan fingerprint density at radius 3 is 2.03 bits per heavy atom. The monoisotopic (exact) mass is 397 g/mol. The lowest BCUT2D eigenvalue weighted by atomic mass is 9.93. The zero-order valence-corrected chi connectivity index (χ0v) is 17.4. The fourth-order valence-corrected chi connectivity index (χ4v) is 3.68. The van der Waals surface area contributed by atoms with Crippen LogP contribution >= 0.6 is 0 Å². The molecule has 0 spiro atoms. The largest absolute Gasteiger partial charge is 0.497 e. The van der Waals surface area contributed by atoms with Crippen LogP contribution in [-0.4, -0.2) is 20.8 Å². The molecule has 1 radical (unpaired) electrons. The van der Waals surface area contributed by atoms with Crippen molar-refractivity contribution in [2.24, 2.45) is 0 Å². The summed E-state index contributed by atoms with van der Waals surface area (Å²) in [6.07, 6.45) is 0.803. The van der Waals surface area contributed by atoms with Crippen molar-refractivity contribution in [2.45, 2.75) is 6.42 Å². The van der Waals surface area contributed by atoms with E-state index in [0.717, 1.165) is 29.1 Å². The highest BCUT2D eigenvalue weighted by molar-refractivity contribution is 5.89. The zero-order valence-electron chi connectivity index (χ0n) is 17.4. The number of hydrogen-bond acceptors (Lipinski definition) is 3. The summed E-state index contributed by atoms with van der Waals surface area (Å²) in [7, 11) is 3.39. The average Bonchev–Trinajstić information content (AvgIpc) is 2.79. The number of methoxy groups -OCH3 is 2. The van der Waals surface area contributed by atoms with Crippen molar-refractivity contribution >= 4 is 10.8 Å². The smallest absolute Gasteiger partial charge is 0.119 e. The minimum absolute atomic E-state index is 0.424. The standard InChI is InChI=1S/C27H25O3/c1-4-30-24-10-5-19(6-11-24)15-23-18-26(29-3)13-14-27(23)22-8-7-21-17-25(28-2)12-9-20(21)16-22/h5-14,16-18H,1,4,15H2,2-3H3. The van der Waals surface area contributed by atoms with Crippen molar-refractivity contribution in [3.05, 3.63) is 96.9 Å². The predicted octanol–water partition coefficient (Wildman–Crippen LogP) is 6.33. The van der Waals surface area contributed by atoms with E-state index in [1.807, 2.05) is 24.3 Å². The molecule has 0 aromatic heterocycles. The topological polar surface area (TPSA) is 27.7 Å². The van der Waals surface area contributed by atoms with Gasteiger partial charge in [-0.1, -0.05) is 36.4 Å². The Morgan fingerprint density at radius 1 is 0.667 bits per heavy atom. The molecule has 4 aromatic rings. The third kappa shape index (κ3) is 4.25. The quantitative estimate of drug-likeness (QED) is 0.365. The van der Waals surface area contributed by atoms with Crippen LogP contribution in [0.3, 0.4) is 0 Å². The van der Waals surface area contributed by atoms with Crippen LogP contribution in [0.2, 0.25) is 0 Å². The number of ether oxygens (including phenoxy) is 3. The highest BCUT2D eigenvalue weighted by atomic mass is 16.5. The normalized spacial score (nSPS) is 10.8. The minimum atomic E-state index is 0.424. The van der Waals surface area contributed by atoms with Gasteiger partial charge in [-0.15, -0.1) is 0 Å². The van der Waals surface area contributed by atoms with E-state index in [-0.39, 0.29) is 0 Å². The van der Waals surface area contributed by atoms with Crippen LogP contribution in [0.4, 0.5) is 0 Å². The van der Waals surface area contributed by atoms with Crippen molar-refractivity contribution in [3.8, 4) is 28.4 Å². The van der Waals surface area contributed by atoms with Crippen molar-refractivity contribution in [1.82, 2.24) is 0 Å². The van der Waals surface area contributed by atoms with Gasteiger partial charge in [-0.3, -0.25) is 0 Å². The molecular formula is C27H25O3. The molecule has 0 bridgehead atoms. The number of hydrogen-bond donors (Lipinski definition) is 0. The van der Waals surface area contributed by atoms with Gasteiger partial charge in [0.2, 0.25) is 0 Å². The zero-order chi connectivity index (χ0) is 20.9. The summed E-state index contributed by atoms with van der Waals surface area (Å²) in [6, 6.07) is 27.1. The number of benzene rings is 4. The lowest BCUT2D eigenvalue weighted by molar-refractivity contribution is 0.361. The van der Waals surface area contributed by atoms with Gasteiger partial charge in [0.15, 0.2) is 0 Å². The van der Waals surface area contributed by atoms with Crippen LogP contribution in [0.25, 0.3) is 21.9 Å². The molecule has 0 atom stereocenters. The highest BCUT2D eigenvalue weighted by Crippen LogP contribution is 2.32. The summed E-state index contributed by atoms with van der Waals surface area (Å²) in [5.41, 5.74) is 4.81. The summed E-state index contributed by atoms with van der Waals surface area (Å²) in [4.78, 5) is 0. The van der Waals surface area contributed by atoms with Crippen LogP contribution in [-0.2, 0) is 6.42 Å². The molecule has 0 aliphatic rings. The molecule has 151 valence electrons. The first-order chi connectivity index (χ1) is 14.7. The lowest BCUT2D eigenvalue weighted by Crippen LogP contribution is -1.96. The Kier molecular flexibility index (Phi) is 5.89. The molecule has 0 amide bonds. The molecule has 30 heavy (non-hydrogen) atoms. The minimum Gasteiger partial charge on any atom is -0.497 e. The first kappa shape index (κ1) is 19.8. The van der Waals surface area contributed by atoms with E-state index >= 15 is 0 Å². The second-order valence-corrected chi connectivity index (χ2v) is 7.12. The van der Waals surface area contributed by atoms with E-state index in [0.29, 0.717) is 6.61 Å². The molecule has 3 nitrogen and oxygen atoms in total. The Balaban J connectivity index is 1.71. The molecular weight excluding hydrogens is 372 g/mol. The molecule has 0 aliphatic carbocycles. The molecule has 3 heteroatoms. The third-order valence-electron chi connectivity index (χ3n) is 5.26. The van der Waals surface area contributed by atoms with Crippen LogP contribution in [0.1, 0.15) is 11.1 Å². The predicted molar refractivity (Wildman–Crippen MR) is 123 cm³/mol. The molecule has 4 rings (SSSR count). The van der Waals surface area contributed by atoms with Gasteiger partial charge in [0, 0.05) is 0 Å². The maximum Gasteiger partial charge on any atom is 0.119 e. The fraction of sp³-hybridized carbons (Fsp3) is 0.148. The van der Waals surface area contributed by atoms with Crippen LogP contribution in [0.5, 0.6) is 17.2 Å². The van der Waals surface area contributed by atoms with Crippen molar-refractivity contribution < 1.29 is 14.2 Å². The molecule has 0 unspecified atom stereocenters. The molecule has 0 N–H and O–H groups in total. The first-order valence-electron chi connectivity index (χ1n) is 9.96. The van der Waals surface area contributed by atoms with Gasteiger partial charge in [-0.05, 0) is 88.8 Å². The highest BCUT2D eigenvalue weighted by Gasteiger charge is 2.10. The van der Waals surface area contributed by atoms with Crippen LogP contribution < -0.4 is 14.2 Å². The second kappa shape index (κ2) is 8.91. The van der Waals surface area contributed by atoms with Gasteiger partial charge in [-0.25, -0.2) is 0 Å². The van der Waals surface area contributed by atoms with E-state index in [1.165, 1.54) is 27.6 Å². The molecule has 0 heterocycles. The molecule has 4 aromatic carbocycles. The number of fused-ring (bicyclic) bond motifs is 1. The third-order valence-corrected chi connectivity index (χ3v) is 5.26. The fourth-order valence-electron chi connectivity index (χ4n) is 3.68. The Hall–Kier alpha value is -3.46. The SMILES string of the molecule is [CH2]COc1ccc(Cc2cc(OC)ccc2-c2ccc3cc(OC)ccc3c2)cc1. The van der Waals surface area contributed by atoms with Crippen LogP contribution in [0, 0.1) is 6.92 Å². The van der Waals surface area contributed by atoms with Gasteiger partial charge in [0.25, 0.3) is 0 Å². The summed E-state index contributed by atoms with van der Waals surface area (Å²) in [6.45, 7) is 4.15. The Labute approximate surface area is 177 Å². The number of rotatable bonds is 7. The lowest BCUT2D eigenvalue weighted by Gasteiger charge is -2.14. The Bertz CT molecular complexity index is 1150. The van der Waals surface area contributed by atoms with Crippen molar-refractivity contribution in [2.75, 3.05) is 20.8 Å². The van der Waals surface area contributed by atoms with E-state index in [1.54, 1.807) is 14.2 Å². The molecule has 0 saturated heterocycles. The van der Waals surface area contributed by atoms with Gasteiger partial charge in [-0.2, -0.15) is 0 Å². The Morgan fingerprint density at radius 2 is 1.30 bits per heavy atom. The summed E-state index contributed by atoms with van der Waals surface area (Å²) < 4.78 is 16.3. The van der Waals surface area contributed by atoms with E-state index in [4.69, 9.17) is 14.2 Å². The maximum absolute atomic E-state index is 5.49. The van der Waals surface area contributed by atoms with Crippen molar-refractivity contribution in [1.29, 1.82) is 0 Å². The van der Waals surface area contributed by atoms with Gasteiger partial charge in [0.05, 0.1) is 20.8 Å². The van der Waals surface area contributed by atoms with Gasteiger partial charge < -0.3 is 14.2 Å².